The summed E-state index contributed by atoms with van der Waals surface area (Å²) in [5.74, 6) is 0.288. The minimum Gasteiger partial charge on any atom is -0.393 e. The van der Waals surface area contributed by atoms with E-state index in [1.54, 1.807) is 6.20 Å². The molecule has 0 amide bonds. The molecule has 3 heteroatoms. The Morgan fingerprint density at radius 2 is 2.00 bits per heavy atom. The maximum atomic E-state index is 9.48. The number of aryl methyl sites for hydroxylation is 1. The summed E-state index contributed by atoms with van der Waals surface area (Å²) < 4.78 is 0. The molecule has 0 saturated heterocycles. The van der Waals surface area contributed by atoms with Crippen molar-refractivity contribution in [2.24, 2.45) is 5.92 Å². The molecule has 1 aromatic heterocycles. The normalized spacial score (nSPS) is 14.8. The average Bonchev–Trinajstić information content (AvgIpc) is 2.35. The average molecular weight is 230 g/mol. The molecule has 0 spiro atoms. The number of aliphatic hydroxyl groups excluding tert-OH is 1. The van der Waals surface area contributed by atoms with E-state index in [-0.39, 0.29) is 12.0 Å². The van der Waals surface area contributed by atoms with Gasteiger partial charge in [0.15, 0.2) is 0 Å². The topological polar surface area (TPSA) is 46.0 Å². The fourth-order valence-corrected chi connectivity index (χ4v) is 1.88. The Balaban J connectivity index is 2.19. The summed E-state index contributed by atoms with van der Waals surface area (Å²) in [6, 6.07) is 8.15. The molecule has 0 saturated carbocycles. The molecule has 3 nitrogen and oxygen atoms in total. The molecule has 0 bridgehead atoms. The van der Waals surface area contributed by atoms with Crippen molar-refractivity contribution in [3.8, 4) is 0 Å². The first-order valence-corrected chi connectivity index (χ1v) is 6.06. The second-order valence-electron chi connectivity index (χ2n) is 4.64. The van der Waals surface area contributed by atoms with E-state index in [0.29, 0.717) is 0 Å². The predicted molar refractivity (Wildman–Crippen MR) is 68.7 cm³/mol. The lowest BCUT2D eigenvalue weighted by atomic mass is 9.97. The number of fused-ring (bicyclic) bond motifs is 1. The highest BCUT2D eigenvalue weighted by Gasteiger charge is 2.10. The number of benzene rings is 1. The number of aliphatic hydroxyl groups is 1. The van der Waals surface area contributed by atoms with Crippen LogP contribution < -0.4 is 0 Å². The smallest absolute Gasteiger partial charge is 0.0709 e. The predicted octanol–water partition coefficient (Wildman–Crippen LogP) is 2.58. The monoisotopic (exact) mass is 230 g/mol. The zero-order valence-electron chi connectivity index (χ0n) is 10.3. The molecule has 17 heavy (non-hydrogen) atoms. The van der Waals surface area contributed by atoms with Crippen LogP contribution in [0, 0.1) is 5.92 Å². The van der Waals surface area contributed by atoms with Crippen LogP contribution in [0.25, 0.3) is 10.8 Å². The highest BCUT2D eigenvalue weighted by Crippen LogP contribution is 2.18. The largest absolute Gasteiger partial charge is 0.393 e. The van der Waals surface area contributed by atoms with Gasteiger partial charge < -0.3 is 5.11 Å². The van der Waals surface area contributed by atoms with E-state index >= 15 is 0 Å². The maximum Gasteiger partial charge on any atom is 0.0709 e. The van der Waals surface area contributed by atoms with Crippen LogP contribution in [-0.2, 0) is 6.42 Å². The fraction of sp³-hybridized carbons (Fsp3) is 0.429. The molecule has 1 aromatic carbocycles. The van der Waals surface area contributed by atoms with Crippen molar-refractivity contribution < 1.29 is 5.11 Å². The molecule has 0 aliphatic carbocycles. The summed E-state index contributed by atoms with van der Waals surface area (Å²) in [5, 5.41) is 20.0. The summed E-state index contributed by atoms with van der Waals surface area (Å²) in [6.45, 7) is 3.89. The van der Waals surface area contributed by atoms with E-state index in [4.69, 9.17) is 0 Å². The third-order valence-electron chi connectivity index (χ3n) is 3.31. The molecule has 0 aliphatic heterocycles. The van der Waals surface area contributed by atoms with E-state index in [1.807, 2.05) is 25.1 Å². The molecule has 0 radical (unpaired) electrons. The van der Waals surface area contributed by atoms with Gasteiger partial charge in [-0.2, -0.15) is 10.2 Å². The van der Waals surface area contributed by atoms with Gasteiger partial charge in [0.1, 0.15) is 0 Å². The molecular formula is C14H18N2O. The second-order valence-corrected chi connectivity index (χ2v) is 4.64. The highest BCUT2D eigenvalue weighted by molar-refractivity contribution is 5.83. The Kier molecular flexibility index (Phi) is 3.69. The first-order valence-electron chi connectivity index (χ1n) is 6.06. The minimum absolute atomic E-state index is 0.266. The Morgan fingerprint density at radius 1 is 1.24 bits per heavy atom. The van der Waals surface area contributed by atoms with Gasteiger partial charge in [0.25, 0.3) is 0 Å². The van der Waals surface area contributed by atoms with Crippen LogP contribution in [0.5, 0.6) is 0 Å². The summed E-state index contributed by atoms with van der Waals surface area (Å²) in [7, 11) is 0. The van der Waals surface area contributed by atoms with Gasteiger partial charge in [-0.05, 0) is 25.7 Å². The lowest BCUT2D eigenvalue weighted by molar-refractivity contribution is 0.130. The molecule has 2 atom stereocenters. The lowest BCUT2D eigenvalue weighted by Gasteiger charge is -2.14. The van der Waals surface area contributed by atoms with E-state index in [1.165, 1.54) is 5.39 Å². The van der Waals surface area contributed by atoms with E-state index in [0.717, 1.165) is 23.9 Å². The van der Waals surface area contributed by atoms with Gasteiger partial charge in [-0.1, -0.05) is 31.2 Å². The van der Waals surface area contributed by atoms with Crippen LogP contribution in [0.2, 0.25) is 0 Å². The van der Waals surface area contributed by atoms with Gasteiger partial charge >= 0.3 is 0 Å². The van der Waals surface area contributed by atoms with Crippen molar-refractivity contribution in [3.63, 3.8) is 0 Å². The number of hydrogen-bond donors (Lipinski definition) is 1. The Hall–Kier alpha value is -1.48. The summed E-state index contributed by atoms with van der Waals surface area (Å²) in [4.78, 5) is 0. The molecule has 2 aromatic rings. The van der Waals surface area contributed by atoms with Crippen LogP contribution >= 0.6 is 0 Å². The van der Waals surface area contributed by atoms with Gasteiger partial charge in [-0.15, -0.1) is 0 Å². The fourth-order valence-electron chi connectivity index (χ4n) is 1.88. The van der Waals surface area contributed by atoms with Gasteiger partial charge in [0, 0.05) is 10.8 Å². The number of nitrogens with zero attached hydrogens (tertiary/aromatic N) is 2. The molecule has 90 valence electrons. The first kappa shape index (κ1) is 12.0. The molecule has 1 N–H and O–H groups in total. The van der Waals surface area contributed by atoms with Gasteiger partial charge in [-0.25, -0.2) is 0 Å². The van der Waals surface area contributed by atoms with Crippen molar-refractivity contribution in [1.82, 2.24) is 10.2 Å². The third kappa shape index (κ3) is 2.80. The number of hydrogen-bond acceptors (Lipinski definition) is 3. The van der Waals surface area contributed by atoms with Crippen LogP contribution in [0.1, 0.15) is 26.0 Å². The minimum atomic E-state index is -0.266. The van der Waals surface area contributed by atoms with Crippen molar-refractivity contribution >= 4 is 10.8 Å². The molecule has 1 heterocycles. The summed E-state index contributed by atoms with van der Waals surface area (Å²) in [5.41, 5.74) is 1.02. The maximum absolute atomic E-state index is 9.48. The zero-order chi connectivity index (χ0) is 12.3. The first-order chi connectivity index (χ1) is 8.18. The van der Waals surface area contributed by atoms with Gasteiger partial charge in [0.2, 0.25) is 0 Å². The molecule has 2 unspecified atom stereocenters. The quantitative estimate of drug-likeness (QED) is 0.878. The van der Waals surface area contributed by atoms with E-state index < -0.39 is 0 Å². The summed E-state index contributed by atoms with van der Waals surface area (Å²) >= 11 is 0. The van der Waals surface area contributed by atoms with Crippen LogP contribution in [0.15, 0.2) is 30.5 Å². The van der Waals surface area contributed by atoms with Crippen LogP contribution in [-0.4, -0.2) is 21.4 Å². The van der Waals surface area contributed by atoms with Crippen molar-refractivity contribution in [3.05, 3.63) is 36.2 Å². The number of rotatable bonds is 4. The zero-order valence-corrected chi connectivity index (χ0v) is 10.3. The molecule has 0 fully saturated rings. The number of aromatic nitrogens is 2. The highest BCUT2D eigenvalue weighted by atomic mass is 16.3. The van der Waals surface area contributed by atoms with Crippen molar-refractivity contribution in [1.29, 1.82) is 0 Å². The molecule has 0 aliphatic rings. The Morgan fingerprint density at radius 3 is 2.76 bits per heavy atom. The van der Waals surface area contributed by atoms with Gasteiger partial charge in [-0.3, -0.25) is 0 Å². The van der Waals surface area contributed by atoms with Crippen LogP contribution in [0.3, 0.4) is 0 Å². The van der Waals surface area contributed by atoms with E-state index in [2.05, 4.69) is 23.2 Å². The molecular weight excluding hydrogens is 212 g/mol. The van der Waals surface area contributed by atoms with Crippen molar-refractivity contribution in [2.75, 3.05) is 0 Å². The van der Waals surface area contributed by atoms with Crippen LogP contribution in [0.4, 0.5) is 0 Å². The summed E-state index contributed by atoms with van der Waals surface area (Å²) in [6.07, 6.45) is 3.32. The second kappa shape index (κ2) is 5.23. The van der Waals surface area contributed by atoms with Gasteiger partial charge in [0.05, 0.1) is 18.0 Å². The lowest BCUT2D eigenvalue weighted by Crippen LogP contribution is -2.14. The Labute approximate surface area is 102 Å². The third-order valence-corrected chi connectivity index (χ3v) is 3.31. The standard InChI is InChI=1S/C14H18N2O/c1-10(11(2)17)7-8-14-13-6-4-3-5-12(13)9-15-16-14/h3-6,9-11,17H,7-8H2,1-2H3. The SMILES string of the molecule is CC(O)C(C)CCc1nncc2ccccc12. The van der Waals surface area contributed by atoms with E-state index in [9.17, 15) is 5.11 Å². The van der Waals surface area contributed by atoms with Crippen molar-refractivity contribution in [2.45, 2.75) is 32.8 Å². The molecule has 2 rings (SSSR count). The Bertz CT molecular complexity index is 491.